The summed E-state index contributed by atoms with van der Waals surface area (Å²) in [6.45, 7) is 3.25. The Balaban J connectivity index is 2.01. The summed E-state index contributed by atoms with van der Waals surface area (Å²) in [6, 6.07) is 9.97. The Morgan fingerprint density at radius 2 is 2.00 bits per heavy atom. The zero-order chi connectivity index (χ0) is 13.9. The minimum Gasteiger partial charge on any atom is -0.464 e. The Morgan fingerprint density at radius 3 is 2.68 bits per heavy atom. The lowest BCUT2D eigenvalue weighted by Gasteiger charge is -2.09. The van der Waals surface area contributed by atoms with E-state index in [1.807, 2.05) is 30.3 Å². The van der Waals surface area contributed by atoms with Gasteiger partial charge < -0.3 is 14.6 Å². The van der Waals surface area contributed by atoms with Gasteiger partial charge in [0, 0.05) is 6.61 Å². The van der Waals surface area contributed by atoms with E-state index in [0.29, 0.717) is 26.2 Å². The predicted octanol–water partition coefficient (Wildman–Crippen LogP) is 2.30. The van der Waals surface area contributed by atoms with Crippen LogP contribution in [0.1, 0.15) is 31.7 Å². The third kappa shape index (κ3) is 6.94. The third-order valence-electron chi connectivity index (χ3n) is 2.69. The maximum Gasteiger partial charge on any atom is 0.334 e. The first-order valence-corrected chi connectivity index (χ1v) is 6.70. The molecular formula is C15H22O4. The Hall–Kier alpha value is -1.39. The number of benzene rings is 1. The average Bonchev–Trinajstić information content (AvgIpc) is 2.43. The first-order valence-electron chi connectivity index (χ1n) is 6.70. The molecule has 1 unspecified atom stereocenters. The van der Waals surface area contributed by atoms with Gasteiger partial charge in [-0.05, 0) is 31.7 Å². The van der Waals surface area contributed by atoms with Crippen molar-refractivity contribution in [2.45, 2.75) is 38.9 Å². The number of rotatable bonds is 9. The van der Waals surface area contributed by atoms with Gasteiger partial charge in [-0.3, -0.25) is 0 Å². The molecule has 1 rings (SSSR count). The predicted molar refractivity (Wildman–Crippen MR) is 72.6 cm³/mol. The molecule has 0 spiro atoms. The highest BCUT2D eigenvalue weighted by Crippen LogP contribution is 2.05. The molecule has 19 heavy (non-hydrogen) atoms. The van der Waals surface area contributed by atoms with Crippen molar-refractivity contribution in [2.75, 3.05) is 13.2 Å². The molecule has 1 N–H and O–H groups in total. The van der Waals surface area contributed by atoms with Crippen LogP contribution in [0.25, 0.3) is 0 Å². The molecule has 0 amide bonds. The van der Waals surface area contributed by atoms with E-state index >= 15 is 0 Å². The number of carbonyl (C=O) groups is 1. The van der Waals surface area contributed by atoms with Crippen LogP contribution in [0.2, 0.25) is 0 Å². The number of unbranched alkanes of at least 4 members (excludes halogenated alkanes) is 1. The zero-order valence-electron chi connectivity index (χ0n) is 11.4. The highest BCUT2D eigenvalue weighted by atomic mass is 16.5. The van der Waals surface area contributed by atoms with Crippen molar-refractivity contribution in [1.82, 2.24) is 0 Å². The minimum absolute atomic E-state index is 0.302. The van der Waals surface area contributed by atoms with Gasteiger partial charge >= 0.3 is 5.97 Å². The molecule has 0 bridgehead atoms. The SMILES string of the molecule is CCOC(=O)C(O)CCCCOCc1ccccc1. The van der Waals surface area contributed by atoms with Crippen molar-refractivity contribution in [3.63, 3.8) is 0 Å². The molecule has 1 atom stereocenters. The van der Waals surface area contributed by atoms with Gasteiger partial charge in [0.2, 0.25) is 0 Å². The number of esters is 1. The number of hydrogen-bond acceptors (Lipinski definition) is 4. The van der Waals surface area contributed by atoms with Crippen LogP contribution in [0.15, 0.2) is 30.3 Å². The van der Waals surface area contributed by atoms with E-state index < -0.39 is 12.1 Å². The summed E-state index contributed by atoms with van der Waals surface area (Å²) in [5.74, 6) is -0.535. The van der Waals surface area contributed by atoms with E-state index in [0.717, 1.165) is 18.4 Å². The second-order valence-corrected chi connectivity index (χ2v) is 4.30. The molecule has 0 aliphatic heterocycles. The molecule has 0 heterocycles. The van der Waals surface area contributed by atoms with Gasteiger partial charge in [0.15, 0.2) is 6.10 Å². The standard InChI is InChI=1S/C15H22O4/c1-2-19-15(17)14(16)10-6-7-11-18-12-13-8-4-3-5-9-13/h3-5,8-9,14,16H,2,6-7,10-12H2,1H3. The van der Waals surface area contributed by atoms with Crippen LogP contribution in [0.3, 0.4) is 0 Å². The van der Waals surface area contributed by atoms with Crippen LogP contribution < -0.4 is 0 Å². The van der Waals surface area contributed by atoms with E-state index in [4.69, 9.17) is 9.47 Å². The maximum atomic E-state index is 11.1. The molecule has 0 aromatic heterocycles. The van der Waals surface area contributed by atoms with Gasteiger partial charge in [-0.2, -0.15) is 0 Å². The summed E-state index contributed by atoms with van der Waals surface area (Å²) < 4.78 is 10.2. The van der Waals surface area contributed by atoms with Crippen LogP contribution in [0, 0.1) is 0 Å². The first-order chi connectivity index (χ1) is 9.24. The second kappa shape index (κ2) is 9.53. The zero-order valence-corrected chi connectivity index (χ0v) is 11.4. The van der Waals surface area contributed by atoms with E-state index in [2.05, 4.69) is 0 Å². The van der Waals surface area contributed by atoms with E-state index in [-0.39, 0.29) is 0 Å². The quantitative estimate of drug-likeness (QED) is 0.550. The molecule has 0 fully saturated rings. The number of aliphatic hydroxyl groups is 1. The van der Waals surface area contributed by atoms with Crippen molar-refractivity contribution >= 4 is 5.97 Å². The lowest BCUT2D eigenvalue weighted by atomic mass is 10.1. The largest absolute Gasteiger partial charge is 0.464 e. The molecule has 4 heteroatoms. The fourth-order valence-electron chi connectivity index (χ4n) is 1.66. The van der Waals surface area contributed by atoms with Gasteiger partial charge in [-0.25, -0.2) is 4.79 Å². The first kappa shape index (κ1) is 15.7. The van der Waals surface area contributed by atoms with Gasteiger partial charge in [0.1, 0.15) is 0 Å². The lowest BCUT2D eigenvalue weighted by Crippen LogP contribution is -2.22. The fourth-order valence-corrected chi connectivity index (χ4v) is 1.66. The van der Waals surface area contributed by atoms with Gasteiger partial charge in [0.05, 0.1) is 13.2 Å². The summed E-state index contributed by atoms with van der Waals surface area (Å²) in [6.07, 6.45) is 0.986. The van der Waals surface area contributed by atoms with Crippen molar-refractivity contribution in [3.8, 4) is 0 Å². The normalized spacial score (nSPS) is 12.1. The Bertz CT molecular complexity index is 350. The van der Waals surface area contributed by atoms with Crippen molar-refractivity contribution in [3.05, 3.63) is 35.9 Å². The van der Waals surface area contributed by atoms with Crippen LogP contribution in [-0.2, 0) is 20.9 Å². The highest BCUT2D eigenvalue weighted by Gasteiger charge is 2.14. The third-order valence-corrected chi connectivity index (χ3v) is 2.69. The van der Waals surface area contributed by atoms with E-state index in [1.54, 1.807) is 6.92 Å². The van der Waals surface area contributed by atoms with Crippen LogP contribution in [-0.4, -0.2) is 30.4 Å². The van der Waals surface area contributed by atoms with Gasteiger partial charge in [0.25, 0.3) is 0 Å². The Labute approximate surface area is 114 Å². The molecule has 0 radical (unpaired) electrons. The monoisotopic (exact) mass is 266 g/mol. The number of aliphatic hydroxyl groups excluding tert-OH is 1. The molecule has 106 valence electrons. The average molecular weight is 266 g/mol. The maximum absolute atomic E-state index is 11.1. The number of ether oxygens (including phenoxy) is 2. The molecule has 1 aromatic carbocycles. The minimum atomic E-state index is -1.01. The van der Waals surface area contributed by atoms with Crippen LogP contribution in [0.4, 0.5) is 0 Å². The Kier molecular flexibility index (Phi) is 7.86. The molecule has 4 nitrogen and oxygen atoms in total. The van der Waals surface area contributed by atoms with Gasteiger partial charge in [-0.1, -0.05) is 30.3 Å². The number of carbonyl (C=O) groups excluding carboxylic acids is 1. The summed E-state index contributed by atoms with van der Waals surface area (Å²) in [5.41, 5.74) is 1.15. The fraction of sp³-hybridized carbons (Fsp3) is 0.533. The smallest absolute Gasteiger partial charge is 0.334 e. The van der Waals surface area contributed by atoms with E-state index in [1.165, 1.54) is 0 Å². The molecule has 0 aliphatic carbocycles. The molecule has 0 saturated heterocycles. The van der Waals surface area contributed by atoms with Gasteiger partial charge in [-0.15, -0.1) is 0 Å². The molecule has 0 saturated carbocycles. The summed E-state index contributed by atoms with van der Waals surface area (Å²) >= 11 is 0. The summed E-state index contributed by atoms with van der Waals surface area (Å²) in [5, 5.41) is 9.47. The van der Waals surface area contributed by atoms with Crippen molar-refractivity contribution in [2.24, 2.45) is 0 Å². The summed E-state index contributed by atoms with van der Waals surface area (Å²) in [4.78, 5) is 11.1. The van der Waals surface area contributed by atoms with Crippen LogP contribution >= 0.6 is 0 Å². The molecular weight excluding hydrogens is 244 g/mol. The van der Waals surface area contributed by atoms with E-state index in [9.17, 15) is 9.90 Å². The lowest BCUT2D eigenvalue weighted by molar-refractivity contribution is -0.153. The van der Waals surface area contributed by atoms with Crippen molar-refractivity contribution < 1.29 is 19.4 Å². The number of hydrogen-bond donors (Lipinski definition) is 1. The topological polar surface area (TPSA) is 55.8 Å². The summed E-state index contributed by atoms with van der Waals surface area (Å²) in [7, 11) is 0. The highest BCUT2D eigenvalue weighted by molar-refractivity contribution is 5.74. The van der Waals surface area contributed by atoms with Crippen molar-refractivity contribution in [1.29, 1.82) is 0 Å². The Morgan fingerprint density at radius 1 is 1.26 bits per heavy atom. The molecule has 1 aromatic rings. The second-order valence-electron chi connectivity index (χ2n) is 4.30. The van der Waals surface area contributed by atoms with Crippen LogP contribution in [0.5, 0.6) is 0 Å². The molecule has 0 aliphatic rings.